The summed E-state index contributed by atoms with van der Waals surface area (Å²) in [7, 11) is 0. The van der Waals surface area contributed by atoms with Crippen LogP contribution in [0, 0.1) is 17.8 Å². The van der Waals surface area contributed by atoms with E-state index in [4.69, 9.17) is 0 Å². The van der Waals surface area contributed by atoms with Gasteiger partial charge in [-0.3, -0.25) is 9.69 Å². The highest BCUT2D eigenvalue weighted by molar-refractivity contribution is 5.90. The SMILES string of the molecule is C[C@@H]1C[C@H]2CC(=O)[C@]3(O)CCCN4CCC[C@H]2[C@@]43C1. The molecule has 106 valence electrons. The smallest absolute Gasteiger partial charge is 0.166 e. The maximum Gasteiger partial charge on any atom is 0.166 e. The number of aliphatic hydroxyl groups is 1. The highest BCUT2D eigenvalue weighted by atomic mass is 16.3. The van der Waals surface area contributed by atoms with Crippen molar-refractivity contribution >= 4 is 5.78 Å². The van der Waals surface area contributed by atoms with Crippen molar-refractivity contribution in [2.75, 3.05) is 13.1 Å². The maximum atomic E-state index is 12.6. The lowest BCUT2D eigenvalue weighted by molar-refractivity contribution is -0.230. The standard InChI is InChI=1S/C16H25NO2/c1-11-8-12-9-14(18)16(19)5-3-7-17-6-2-4-13(12)15(16,17)10-11/h11-13,19H,2-10H2,1H3/t11-,12+,13-,15-,16-/m1/s1. The van der Waals surface area contributed by atoms with Crippen LogP contribution >= 0.6 is 0 Å². The van der Waals surface area contributed by atoms with Gasteiger partial charge in [0.05, 0.1) is 5.54 Å². The molecule has 2 bridgehead atoms. The molecule has 2 saturated heterocycles. The number of nitrogens with zero attached hydrogens (tertiary/aromatic N) is 1. The Labute approximate surface area is 115 Å². The third kappa shape index (κ3) is 1.33. The Kier molecular flexibility index (Phi) is 2.48. The summed E-state index contributed by atoms with van der Waals surface area (Å²) in [4.78, 5) is 15.1. The Morgan fingerprint density at radius 1 is 1.32 bits per heavy atom. The topological polar surface area (TPSA) is 40.5 Å². The molecule has 4 rings (SSSR count). The summed E-state index contributed by atoms with van der Waals surface area (Å²) in [5, 5.41) is 11.3. The predicted molar refractivity (Wildman–Crippen MR) is 72.7 cm³/mol. The van der Waals surface area contributed by atoms with Crippen LogP contribution in [-0.4, -0.2) is 40.0 Å². The van der Waals surface area contributed by atoms with E-state index in [9.17, 15) is 9.90 Å². The van der Waals surface area contributed by atoms with Gasteiger partial charge >= 0.3 is 0 Å². The van der Waals surface area contributed by atoms with Crippen LogP contribution in [0.15, 0.2) is 0 Å². The van der Waals surface area contributed by atoms with E-state index in [1.165, 1.54) is 19.3 Å². The van der Waals surface area contributed by atoms with Gasteiger partial charge in [-0.1, -0.05) is 6.92 Å². The molecule has 3 nitrogen and oxygen atoms in total. The van der Waals surface area contributed by atoms with Gasteiger partial charge in [-0.2, -0.15) is 0 Å². The van der Waals surface area contributed by atoms with E-state index in [-0.39, 0.29) is 11.3 Å². The summed E-state index contributed by atoms with van der Waals surface area (Å²) >= 11 is 0. The zero-order valence-electron chi connectivity index (χ0n) is 11.9. The van der Waals surface area contributed by atoms with Crippen LogP contribution in [0.1, 0.15) is 51.9 Å². The molecule has 2 aliphatic carbocycles. The number of hydrogen-bond donors (Lipinski definition) is 1. The lowest BCUT2D eigenvalue weighted by Crippen LogP contribution is -2.79. The van der Waals surface area contributed by atoms with Crippen LogP contribution in [0.4, 0.5) is 0 Å². The molecule has 0 amide bonds. The number of ketones is 1. The van der Waals surface area contributed by atoms with Crippen molar-refractivity contribution in [1.82, 2.24) is 4.90 Å². The molecule has 1 N–H and O–H groups in total. The molecule has 0 radical (unpaired) electrons. The van der Waals surface area contributed by atoms with Crippen molar-refractivity contribution in [2.24, 2.45) is 17.8 Å². The van der Waals surface area contributed by atoms with Gasteiger partial charge in [-0.05, 0) is 69.4 Å². The maximum absolute atomic E-state index is 12.6. The molecule has 1 spiro atoms. The fourth-order valence-electron chi connectivity index (χ4n) is 6.18. The number of carbonyl (C=O) groups is 1. The Morgan fingerprint density at radius 2 is 2.11 bits per heavy atom. The number of piperidine rings is 2. The van der Waals surface area contributed by atoms with Gasteiger partial charge in [0, 0.05) is 6.42 Å². The van der Waals surface area contributed by atoms with Gasteiger partial charge < -0.3 is 5.11 Å². The molecule has 0 aromatic rings. The average Bonchev–Trinajstić information content (AvgIpc) is 2.36. The van der Waals surface area contributed by atoms with Crippen LogP contribution < -0.4 is 0 Å². The molecule has 0 aromatic carbocycles. The number of carbonyl (C=O) groups excluding carboxylic acids is 1. The first-order chi connectivity index (χ1) is 9.08. The molecule has 2 heterocycles. The van der Waals surface area contributed by atoms with Gasteiger partial charge in [0.1, 0.15) is 5.60 Å². The molecule has 0 unspecified atom stereocenters. The first kappa shape index (κ1) is 12.3. The summed E-state index contributed by atoms with van der Waals surface area (Å²) in [5.74, 6) is 1.92. The summed E-state index contributed by atoms with van der Waals surface area (Å²) in [6.07, 6.45) is 7.04. The van der Waals surface area contributed by atoms with Crippen molar-refractivity contribution in [3.8, 4) is 0 Å². The molecule has 4 fully saturated rings. The van der Waals surface area contributed by atoms with Crippen LogP contribution in [0.3, 0.4) is 0 Å². The van der Waals surface area contributed by atoms with Crippen molar-refractivity contribution in [1.29, 1.82) is 0 Å². The molecule has 4 aliphatic rings. The van der Waals surface area contributed by atoms with Gasteiger partial charge in [0.15, 0.2) is 5.78 Å². The average molecular weight is 263 g/mol. The zero-order valence-corrected chi connectivity index (χ0v) is 11.9. The van der Waals surface area contributed by atoms with Crippen LogP contribution in [-0.2, 0) is 4.79 Å². The zero-order chi connectivity index (χ0) is 13.3. The Morgan fingerprint density at radius 3 is 2.95 bits per heavy atom. The second-order valence-electron chi connectivity index (χ2n) is 7.56. The summed E-state index contributed by atoms with van der Waals surface area (Å²) < 4.78 is 0. The number of Topliss-reactive ketones (excluding diaryl/α,β-unsaturated/α-hetero) is 1. The fraction of sp³-hybridized carbons (Fsp3) is 0.938. The number of rotatable bonds is 0. The first-order valence-electron chi connectivity index (χ1n) is 8.09. The van der Waals surface area contributed by atoms with E-state index >= 15 is 0 Å². The van der Waals surface area contributed by atoms with Crippen molar-refractivity contribution in [2.45, 2.75) is 63.0 Å². The van der Waals surface area contributed by atoms with Crippen LogP contribution in [0.25, 0.3) is 0 Å². The second-order valence-corrected chi connectivity index (χ2v) is 7.56. The third-order valence-corrected chi connectivity index (χ3v) is 6.65. The minimum atomic E-state index is -1.03. The monoisotopic (exact) mass is 263 g/mol. The van der Waals surface area contributed by atoms with E-state index < -0.39 is 5.60 Å². The third-order valence-electron chi connectivity index (χ3n) is 6.65. The van der Waals surface area contributed by atoms with Crippen molar-refractivity contribution < 1.29 is 9.90 Å². The van der Waals surface area contributed by atoms with Crippen LogP contribution in [0.5, 0.6) is 0 Å². The fourth-order valence-corrected chi connectivity index (χ4v) is 6.18. The van der Waals surface area contributed by atoms with E-state index in [0.29, 0.717) is 30.6 Å². The number of hydrogen-bond acceptors (Lipinski definition) is 3. The minimum absolute atomic E-state index is 0.159. The quantitative estimate of drug-likeness (QED) is 0.726. The first-order valence-corrected chi connectivity index (χ1v) is 8.09. The highest BCUT2D eigenvalue weighted by Crippen LogP contribution is 2.60. The van der Waals surface area contributed by atoms with E-state index in [2.05, 4.69) is 11.8 Å². The van der Waals surface area contributed by atoms with Crippen molar-refractivity contribution in [3.05, 3.63) is 0 Å². The molecular weight excluding hydrogens is 238 g/mol. The summed E-state index contributed by atoms with van der Waals surface area (Å²) in [6, 6.07) is 0. The Bertz CT molecular complexity index is 421. The Hall–Kier alpha value is -0.410. The van der Waals surface area contributed by atoms with Crippen LogP contribution in [0.2, 0.25) is 0 Å². The lowest BCUT2D eigenvalue weighted by atomic mass is 9.47. The summed E-state index contributed by atoms with van der Waals surface area (Å²) in [5.41, 5.74) is -1.22. The van der Waals surface area contributed by atoms with E-state index in [1.807, 2.05) is 0 Å². The second kappa shape index (κ2) is 3.82. The van der Waals surface area contributed by atoms with Gasteiger partial charge in [0.2, 0.25) is 0 Å². The lowest BCUT2D eigenvalue weighted by Gasteiger charge is -2.68. The van der Waals surface area contributed by atoms with Gasteiger partial charge in [-0.15, -0.1) is 0 Å². The highest BCUT2D eigenvalue weighted by Gasteiger charge is 2.69. The molecule has 2 saturated carbocycles. The Balaban J connectivity index is 1.88. The molecule has 2 aliphatic heterocycles. The van der Waals surface area contributed by atoms with Crippen molar-refractivity contribution in [3.63, 3.8) is 0 Å². The predicted octanol–water partition coefficient (Wildman–Crippen LogP) is 1.98. The summed E-state index contributed by atoms with van der Waals surface area (Å²) in [6.45, 7) is 4.49. The van der Waals surface area contributed by atoms with Gasteiger partial charge in [-0.25, -0.2) is 0 Å². The van der Waals surface area contributed by atoms with Gasteiger partial charge in [0.25, 0.3) is 0 Å². The molecule has 3 heteroatoms. The molecular formula is C16H25NO2. The van der Waals surface area contributed by atoms with E-state index in [0.717, 1.165) is 25.9 Å². The molecule has 19 heavy (non-hydrogen) atoms. The molecule has 5 atom stereocenters. The largest absolute Gasteiger partial charge is 0.380 e. The molecule has 0 aromatic heterocycles. The normalized spacial score (nSPS) is 53.8. The van der Waals surface area contributed by atoms with E-state index in [1.54, 1.807) is 0 Å². The minimum Gasteiger partial charge on any atom is -0.380 e.